The summed E-state index contributed by atoms with van der Waals surface area (Å²) in [5.41, 5.74) is 0. The van der Waals surface area contributed by atoms with Crippen LogP contribution < -0.4 is 0 Å². The Bertz CT molecular complexity index is 318. The van der Waals surface area contributed by atoms with E-state index in [-0.39, 0.29) is 0 Å². The normalized spacial score (nSPS) is 12.0. The second-order valence-electron chi connectivity index (χ2n) is 11.7. The molecule has 0 spiro atoms. The van der Waals surface area contributed by atoms with Crippen molar-refractivity contribution in [2.45, 2.75) is 188 Å². The van der Waals surface area contributed by atoms with E-state index in [4.69, 9.17) is 0 Å². The summed E-state index contributed by atoms with van der Waals surface area (Å²) < 4.78 is 1.47. The molecule has 1 nitrogen and oxygen atoms in total. The minimum atomic E-state index is 1.37. The molecule has 0 heterocycles. The van der Waals surface area contributed by atoms with Crippen LogP contribution in [0.3, 0.4) is 0 Å². The first-order valence-electron chi connectivity index (χ1n) is 16.6. The molecule has 0 atom stereocenters. The van der Waals surface area contributed by atoms with E-state index >= 15 is 0 Å². The number of hydrogen-bond donors (Lipinski definition) is 0. The van der Waals surface area contributed by atoms with Crippen molar-refractivity contribution >= 4 is 0 Å². The second-order valence-corrected chi connectivity index (χ2v) is 11.7. The Labute approximate surface area is 218 Å². The van der Waals surface area contributed by atoms with Crippen molar-refractivity contribution in [3.8, 4) is 0 Å². The van der Waals surface area contributed by atoms with Crippen molar-refractivity contribution in [2.24, 2.45) is 0 Å². The van der Waals surface area contributed by atoms with Gasteiger partial charge in [-0.25, -0.2) is 0 Å². The van der Waals surface area contributed by atoms with Crippen LogP contribution in [-0.4, -0.2) is 30.7 Å². The molecule has 0 saturated heterocycles. The SMILES string of the molecule is CCCCCCCCC[N+](CCCCCC)(CCCCCCCCC)CCCCCCCCC. The number of quaternary nitrogens is 1. The van der Waals surface area contributed by atoms with Gasteiger partial charge in [-0.05, 0) is 51.4 Å². The highest BCUT2D eigenvalue weighted by Crippen LogP contribution is 2.20. The molecule has 0 aromatic rings. The van der Waals surface area contributed by atoms with Crippen LogP contribution in [0.25, 0.3) is 0 Å². The minimum absolute atomic E-state index is 1.37. The summed E-state index contributed by atoms with van der Waals surface area (Å²) in [4.78, 5) is 0. The summed E-state index contributed by atoms with van der Waals surface area (Å²) in [5.74, 6) is 0. The fourth-order valence-electron chi connectivity index (χ4n) is 5.76. The van der Waals surface area contributed by atoms with Crippen molar-refractivity contribution < 1.29 is 4.48 Å². The van der Waals surface area contributed by atoms with E-state index < -0.39 is 0 Å². The summed E-state index contributed by atoms with van der Waals surface area (Å²) in [6.45, 7) is 15.3. The largest absolute Gasteiger partial charge is 0.324 e. The van der Waals surface area contributed by atoms with Gasteiger partial charge in [0.25, 0.3) is 0 Å². The molecule has 0 rings (SSSR count). The highest BCUT2D eigenvalue weighted by atomic mass is 15.3. The first-order valence-corrected chi connectivity index (χ1v) is 16.6. The average molecular weight is 481 g/mol. The van der Waals surface area contributed by atoms with E-state index in [0.29, 0.717) is 0 Å². The highest BCUT2D eigenvalue weighted by Gasteiger charge is 2.25. The van der Waals surface area contributed by atoms with E-state index in [2.05, 4.69) is 27.7 Å². The predicted molar refractivity (Wildman–Crippen MR) is 158 cm³/mol. The number of hydrogen-bond acceptors (Lipinski definition) is 0. The number of unbranched alkanes of at least 4 members (excludes halogenated alkanes) is 21. The summed E-state index contributed by atoms with van der Waals surface area (Å²) >= 11 is 0. The van der Waals surface area contributed by atoms with Crippen molar-refractivity contribution in [3.63, 3.8) is 0 Å². The third kappa shape index (κ3) is 22.4. The van der Waals surface area contributed by atoms with Crippen LogP contribution >= 0.6 is 0 Å². The van der Waals surface area contributed by atoms with Crippen molar-refractivity contribution in [1.29, 1.82) is 0 Å². The third-order valence-corrected chi connectivity index (χ3v) is 8.19. The number of rotatable bonds is 29. The molecule has 0 bridgehead atoms. The Morgan fingerprint density at radius 3 is 0.647 bits per heavy atom. The molecule has 0 aromatic heterocycles. The highest BCUT2D eigenvalue weighted by molar-refractivity contribution is 4.55. The summed E-state index contributed by atoms with van der Waals surface area (Å²) in [5, 5.41) is 0. The van der Waals surface area contributed by atoms with Gasteiger partial charge in [0.05, 0.1) is 26.2 Å². The zero-order chi connectivity index (χ0) is 25.0. The Morgan fingerprint density at radius 2 is 0.412 bits per heavy atom. The molecule has 0 N–H and O–H groups in total. The Hall–Kier alpha value is -0.0400. The van der Waals surface area contributed by atoms with E-state index in [0.717, 1.165) is 0 Å². The summed E-state index contributed by atoms with van der Waals surface area (Å²) in [6, 6.07) is 0. The lowest BCUT2D eigenvalue weighted by Gasteiger charge is -2.40. The van der Waals surface area contributed by atoms with E-state index in [1.54, 1.807) is 0 Å². The molecule has 0 saturated carbocycles. The van der Waals surface area contributed by atoms with Gasteiger partial charge in [-0.1, -0.05) is 137 Å². The molecule has 0 unspecified atom stereocenters. The van der Waals surface area contributed by atoms with E-state index in [1.807, 2.05) is 0 Å². The Balaban J connectivity index is 4.68. The fraction of sp³-hybridized carbons (Fsp3) is 1.00. The van der Waals surface area contributed by atoms with Gasteiger partial charge in [-0.2, -0.15) is 0 Å². The minimum Gasteiger partial charge on any atom is -0.324 e. The van der Waals surface area contributed by atoms with Crippen LogP contribution in [0.5, 0.6) is 0 Å². The molecule has 0 aliphatic rings. The van der Waals surface area contributed by atoms with Crippen LogP contribution in [0.1, 0.15) is 188 Å². The first kappa shape index (κ1) is 34.0. The molecule has 0 amide bonds. The molecular weight excluding hydrogens is 410 g/mol. The molecular formula is C33H70N+. The third-order valence-electron chi connectivity index (χ3n) is 8.19. The van der Waals surface area contributed by atoms with Crippen LogP contribution in [-0.2, 0) is 0 Å². The number of nitrogens with zero attached hydrogens (tertiary/aromatic N) is 1. The molecule has 0 radical (unpaired) electrons. The van der Waals surface area contributed by atoms with Crippen molar-refractivity contribution in [2.75, 3.05) is 26.2 Å². The van der Waals surface area contributed by atoms with Gasteiger partial charge in [-0.15, -0.1) is 0 Å². The predicted octanol–water partition coefficient (Wildman–Crippen LogP) is 11.6. The average Bonchev–Trinajstić information content (AvgIpc) is 2.85. The smallest absolute Gasteiger partial charge is 0.0786 e. The fourth-order valence-corrected chi connectivity index (χ4v) is 5.76. The van der Waals surface area contributed by atoms with Crippen LogP contribution in [0, 0.1) is 0 Å². The first-order chi connectivity index (χ1) is 16.7. The van der Waals surface area contributed by atoms with Crippen LogP contribution in [0.2, 0.25) is 0 Å². The zero-order valence-corrected chi connectivity index (χ0v) is 25.0. The van der Waals surface area contributed by atoms with Crippen LogP contribution in [0.15, 0.2) is 0 Å². The van der Waals surface area contributed by atoms with Gasteiger partial charge < -0.3 is 4.48 Å². The standard InChI is InChI=1S/C33H70N/c1-5-9-13-17-20-23-27-31-34(30-26-16-12-8-4,32-28-24-21-18-14-10-6-2)33-29-25-22-19-15-11-7-3/h5-33H2,1-4H3/q+1. The molecule has 34 heavy (non-hydrogen) atoms. The molecule has 1 heteroatoms. The monoisotopic (exact) mass is 481 g/mol. The van der Waals surface area contributed by atoms with E-state index in [9.17, 15) is 0 Å². The maximum Gasteiger partial charge on any atom is 0.0786 e. The summed E-state index contributed by atoms with van der Waals surface area (Å²) in [7, 11) is 0. The van der Waals surface area contributed by atoms with Gasteiger partial charge in [0, 0.05) is 0 Å². The van der Waals surface area contributed by atoms with Gasteiger partial charge in [0.15, 0.2) is 0 Å². The Kier molecular flexibility index (Phi) is 27.5. The Morgan fingerprint density at radius 1 is 0.235 bits per heavy atom. The molecule has 0 fully saturated rings. The van der Waals surface area contributed by atoms with Crippen molar-refractivity contribution in [1.82, 2.24) is 0 Å². The van der Waals surface area contributed by atoms with Crippen LogP contribution in [0.4, 0.5) is 0 Å². The molecule has 0 aliphatic heterocycles. The topological polar surface area (TPSA) is 0 Å². The van der Waals surface area contributed by atoms with Gasteiger partial charge in [0.1, 0.15) is 0 Å². The maximum absolute atomic E-state index is 2.36. The van der Waals surface area contributed by atoms with Crippen molar-refractivity contribution in [3.05, 3.63) is 0 Å². The van der Waals surface area contributed by atoms with Gasteiger partial charge in [0.2, 0.25) is 0 Å². The van der Waals surface area contributed by atoms with E-state index in [1.165, 1.54) is 191 Å². The lowest BCUT2D eigenvalue weighted by molar-refractivity contribution is -0.929. The van der Waals surface area contributed by atoms with Gasteiger partial charge >= 0.3 is 0 Å². The molecule has 0 aromatic carbocycles. The quantitative estimate of drug-likeness (QED) is 0.0737. The lowest BCUT2D eigenvalue weighted by Crippen LogP contribution is -2.50. The second kappa shape index (κ2) is 27.5. The maximum atomic E-state index is 2.36. The molecule has 0 aliphatic carbocycles. The lowest BCUT2D eigenvalue weighted by atomic mass is 10.0. The van der Waals surface area contributed by atoms with Gasteiger partial charge in [-0.3, -0.25) is 0 Å². The summed E-state index contributed by atoms with van der Waals surface area (Å²) in [6.07, 6.45) is 36.3. The molecule has 206 valence electrons. The zero-order valence-electron chi connectivity index (χ0n) is 25.0.